The van der Waals surface area contributed by atoms with Crippen LogP contribution in [-0.4, -0.2) is 27.0 Å². The number of nitrogens with zero attached hydrogens (tertiary/aromatic N) is 1. The molecule has 1 aliphatic heterocycles. The number of nitrogens with one attached hydrogen (secondary N) is 1. The van der Waals surface area contributed by atoms with Crippen LogP contribution >= 0.6 is 0 Å². The van der Waals surface area contributed by atoms with E-state index in [9.17, 15) is 13.2 Å². The number of fused-ring (bicyclic) bond motifs is 1. The van der Waals surface area contributed by atoms with Crippen LogP contribution < -0.4 is 14.4 Å². The maximum atomic E-state index is 13.4. The summed E-state index contributed by atoms with van der Waals surface area (Å²) in [6.07, 6.45) is -1.01. The van der Waals surface area contributed by atoms with Crippen molar-refractivity contribution in [2.24, 2.45) is 0 Å². The maximum absolute atomic E-state index is 13.4. The molecule has 1 heterocycles. The van der Waals surface area contributed by atoms with E-state index in [-0.39, 0.29) is 12.3 Å². The monoisotopic (exact) mass is 484 g/mol. The third-order valence-corrected chi connectivity index (χ3v) is 7.54. The molecule has 1 N–H and O–H groups in total. The van der Waals surface area contributed by atoms with Crippen LogP contribution in [0.2, 0.25) is 0 Å². The van der Waals surface area contributed by atoms with E-state index in [2.05, 4.69) is 5.32 Å². The number of hydrogen-bond acceptors (Lipinski definition) is 4. The number of para-hydroxylation sites is 3. The minimum absolute atomic E-state index is 0.120. The number of hydrogen-bond donors (Lipinski definition) is 1. The smallest absolute Gasteiger partial charge is 0.267 e. The van der Waals surface area contributed by atoms with E-state index in [0.717, 1.165) is 11.1 Å². The molecule has 35 heavy (non-hydrogen) atoms. The molecule has 0 aromatic heterocycles. The lowest BCUT2D eigenvalue weighted by atomic mass is 10.0. The van der Waals surface area contributed by atoms with Gasteiger partial charge in [0.25, 0.3) is 5.91 Å². The van der Waals surface area contributed by atoms with E-state index in [0.29, 0.717) is 22.7 Å². The van der Waals surface area contributed by atoms with Gasteiger partial charge in [0, 0.05) is 11.3 Å². The van der Waals surface area contributed by atoms with Gasteiger partial charge in [-0.2, -0.15) is 0 Å². The van der Waals surface area contributed by atoms with E-state index < -0.39 is 22.0 Å². The molecular weight excluding hydrogens is 460 g/mol. The first-order valence-electron chi connectivity index (χ1n) is 11.3. The summed E-state index contributed by atoms with van der Waals surface area (Å²) in [7, 11) is -3.77. The summed E-state index contributed by atoms with van der Waals surface area (Å²) in [5.74, 6) is -0.234. The minimum atomic E-state index is -3.77. The molecule has 0 spiro atoms. The molecule has 0 aliphatic carbocycles. The largest absolute Gasteiger partial charge is 0.476 e. The molecule has 6 nitrogen and oxygen atoms in total. The van der Waals surface area contributed by atoms with Gasteiger partial charge in [0.05, 0.1) is 18.0 Å². The van der Waals surface area contributed by atoms with Gasteiger partial charge in [-0.1, -0.05) is 91.0 Å². The van der Waals surface area contributed by atoms with Crippen LogP contribution in [0.1, 0.15) is 5.56 Å². The molecule has 0 bridgehead atoms. The van der Waals surface area contributed by atoms with Crippen molar-refractivity contribution in [1.29, 1.82) is 0 Å². The summed E-state index contributed by atoms with van der Waals surface area (Å²) in [5, 5.41) is 2.95. The topological polar surface area (TPSA) is 75.7 Å². The molecule has 7 heteroatoms. The van der Waals surface area contributed by atoms with Gasteiger partial charge in [0.1, 0.15) is 5.75 Å². The molecule has 0 saturated heterocycles. The van der Waals surface area contributed by atoms with E-state index in [1.54, 1.807) is 48.5 Å². The minimum Gasteiger partial charge on any atom is -0.476 e. The lowest BCUT2D eigenvalue weighted by molar-refractivity contribution is -0.122. The average molecular weight is 485 g/mol. The number of carbonyl (C=O) groups excluding carboxylic acids is 1. The normalized spacial score (nSPS) is 15.1. The van der Waals surface area contributed by atoms with Crippen LogP contribution in [0.3, 0.4) is 0 Å². The fourth-order valence-corrected chi connectivity index (χ4v) is 5.72. The highest BCUT2D eigenvalue weighted by Gasteiger charge is 2.36. The zero-order chi connectivity index (χ0) is 24.3. The molecule has 1 aliphatic rings. The third kappa shape index (κ3) is 4.90. The first kappa shape index (κ1) is 22.7. The van der Waals surface area contributed by atoms with Gasteiger partial charge in [-0.15, -0.1) is 0 Å². The molecule has 1 amide bonds. The molecule has 0 saturated carbocycles. The van der Waals surface area contributed by atoms with Gasteiger partial charge in [0.15, 0.2) is 6.10 Å². The van der Waals surface area contributed by atoms with Crippen molar-refractivity contribution in [3.8, 4) is 16.9 Å². The van der Waals surface area contributed by atoms with Crippen LogP contribution in [0.4, 0.5) is 11.4 Å². The van der Waals surface area contributed by atoms with Crippen LogP contribution in [0.15, 0.2) is 109 Å². The highest BCUT2D eigenvalue weighted by atomic mass is 32.2. The number of ether oxygens (including phenoxy) is 1. The van der Waals surface area contributed by atoms with Gasteiger partial charge in [-0.05, 0) is 29.3 Å². The van der Waals surface area contributed by atoms with Crippen molar-refractivity contribution in [3.63, 3.8) is 0 Å². The first-order valence-corrected chi connectivity index (χ1v) is 12.9. The summed E-state index contributed by atoms with van der Waals surface area (Å²) in [5.41, 5.74) is 3.56. The summed E-state index contributed by atoms with van der Waals surface area (Å²) in [4.78, 5) is 13.3. The van der Waals surface area contributed by atoms with Crippen molar-refractivity contribution in [2.45, 2.75) is 11.9 Å². The molecule has 0 radical (unpaired) electrons. The lowest BCUT2D eigenvalue weighted by Gasteiger charge is -2.34. The number of carbonyl (C=O) groups is 1. The first-order chi connectivity index (χ1) is 17.0. The van der Waals surface area contributed by atoms with Gasteiger partial charge < -0.3 is 10.1 Å². The lowest BCUT2D eigenvalue weighted by Crippen LogP contribution is -2.49. The molecule has 176 valence electrons. The quantitative estimate of drug-likeness (QED) is 0.414. The Hall–Kier alpha value is -4.10. The van der Waals surface area contributed by atoms with Gasteiger partial charge in [-0.3, -0.25) is 9.10 Å². The van der Waals surface area contributed by atoms with E-state index in [1.165, 1.54) is 4.31 Å². The van der Waals surface area contributed by atoms with Crippen molar-refractivity contribution in [3.05, 3.63) is 115 Å². The van der Waals surface area contributed by atoms with Crippen LogP contribution in [0.25, 0.3) is 11.1 Å². The van der Waals surface area contributed by atoms with Gasteiger partial charge in [0.2, 0.25) is 10.0 Å². The summed E-state index contributed by atoms with van der Waals surface area (Å²) in [6, 6.07) is 33.1. The number of anilines is 2. The summed E-state index contributed by atoms with van der Waals surface area (Å²) < 4.78 is 34.1. The van der Waals surface area contributed by atoms with Crippen LogP contribution in [0.5, 0.6) is 5.75 Å². The Balaban J connectivity index is 1.43. The molecule has 4 aromatic carbocycles. The summed E-state index contributed by atoms with van der Waals surface area (Å²) >= 11 is 0. The zero-order valence-electron chi connectivity index (χ0n) is 18.9. The Morgan fingerprint density at radius 3 is 2.23 bits per heavy atom. The van der Waals surface area contributed by atoms with E-state index >= 15 is 0 Å². The standard InChI is InChI=1S/C28H24N2O4S/c31-28(29-24-16-8-7-15-23(24)22-13-5-2-6-14-22)27-19-30(25-17-9-10-18-26(25)34-27)35(32,33)20-21-11-3-1-4-12-21/h1-18,27H,19-20H2,(H,29,31)/t27-/m0/s1. The molecule has 0 unspecified atom stereocenters. The predicted octanol–water partition coefficient (Wildman–Crippen LogP) is 5.09. The Bertz CT molecular complexity index is 1440. The number of sulfonamides is 1. The fourth-order valence-electron chi connectivity index (χ4n) is 4.14. The zero-order valence-corrected chi connectivity index (χ0v) is 19.7. The Kier molecular flexibility index (Phi) is 6.25. The van der Waals surface area contributed by atoms with Gasteiger partial charge in [-0.25, -0.2) is 8.42 Å². The molecule has 0 fully saturated rings. The molecule has 4 aromatic rings. The van der Waals surface area contributed by atoms with Crippen LogP contribution in [-0.2, 0) is 20.6 Å². The number of amides is 1. The van der Waals surface area contributed by atoms with Crippen molar-refractivity contribution in [2.75, 3.05) is 16.2 Å². The third-order valence-electron chi connectivity index (χ3n) is 5.82. The van der Waals surface area contributed by atoms with E-state index in [1.807, 2.05) is 60.7 Å². The molecule has 5 rings (SSSR count). The number of benzene rings is 4. The predicted molar refractivity (Wildman–Crippen MR) is 138 cm³/mol. The van der Waals surface area contributed by atoms with Crippen molar-refractivity contribution >= 4 is 27.3 Å². The maximum Gasteiger partial charge on any atom is 0.267 e. The van der Waals surface area contributed by atoms with Gasteiger partial charge >= 0.3 is 0 Å². The SMILES string of the molecule is O=C(Nc1ccccc1-c1ccccc1)[C@@H]1CN(S(=O)(=O)Cc2ccccc2)c2ccccc2O1. The Morgan fingerprint density at radius 1 is 0.829 bits per heavy atom. The van der Waals surface area contributed by atoms with E-state index in [4.69, 9.17) is 4.74 Å². The summed E-state index contributed by atoms with van der Waals surface area (Å²) in [6.45, 7) is -0.120. The second-order valence-corrected chi connectivity index (χ2v) is 10.1. The molecular formula is C28H24N2O4S. The highest BCUT2D eigenvalue weighted by Crippen LogP contribution is 2.36. The molecule has 1 atom stereocenters. The van der Waals surface area contributed by atoms with Crippen molar-refractivity contribution in [1.82, 2.24) is 0 Å². The second-order valence-electron chi connectivity index (χ2n) is 8.25. The second kappa shape index (κ2) is 9.64. The van der Waals surface area contributed by atoms with Crippen LogP contribution in [0, 0.1) is 0 Å². The highest BCUT2D eigenvalue weighted by molar-refractivity contribution is 7.92. The fraction of sp³-hybridized carbons (Fsp3) is 0.107. The number of rotatable bonds is 6. The average Bonchev–Trinajstić information content (AvgIpc) is 2.89. The Morgan fingerprint density at radius 2 is 1.46 bits per heavy atom. The van der Waals surface area contributed by atoms with Crippen molar-refractivity contribution < 1.29 is 17.9 Å². The Labute approximate surface area is 204 Å².